The SMILES string of the molecule is O=C1NC(=O)N(CCc2ccncc2)C1=O. The van der Waals surface area contributed by atoms with Crippen molar-refractivity contribution < 1.29 is 14.4 Å². The molecule has 1 aromatic rings. The first-order chi connectivity index (χ1) is 7.68. The molecule has 1 aliphatic heterocycles. The molecule has 0 saturated carbocycles. The van der Waals surface area contributed by atoms with Crippen LogP contribution in [0, 0.1) is 0 Å². The molecule has 0 aromatic carbocycles. The molecule has 1 aliphatic rings. The van der Waals surface area contributed by atoms with Crippen LogP contribution in [0.25, 0.3) is 0 Å². The van der Waals surface area contributed by atoms with Crippen molar-refractivity contribution in [3.63, 3.8) is 0 Å². The van der Waals surface area contributed by atoms with Crippen LogP contribution in [0.4, 0.5) is 4.79 Å². The molecule has 0 radical (unpaired) electrons. The maximum atomic E-state index is 11.2. The van der Waals surface area contributed by atoms with Crippen LogP contribution in [-0.4, -0.2) is 34.3 Å². The highest BCUT2D eigenvalue weighted by molar-refractivity contribution is 6.44. The summed E-state index contributed by atoms with van der Waals surface area (Å²) in [6.45, 7) is 0.195. The fourth-order valence-electron chi connectivity index (χ4n) is 1.43. The third-order valence-electron chi connectivity index (χ3n) is 2.28. The first-order valence-corrected chi connectivity index (χ1v) is 4.74. The van der Waals surface area contributed by atoms with Crippen LogP contribution in [0.5, 0.6) is 0 Å². The van der Waals surface area contributed by atoms with E-state index in [0.717, 1.165) is 10.5 Å². The third-order valence-corrected chi connectivity index (χ3v) is 2.28. The fraction of sp³-hybridized carbons (Fsp3) is 0.200. The van der Waals surface area contributed by atoms with Crippen molar-refractivity contribution in [3.05, 3.63) is 30.1 Å². The smallest absolute Gasteiger partial charge is 0.269 e. The molecule has 0 atom stereocenters. The summed E-state index contributed by atoms with van der Waals surface area (Å²) in [5.74, 6) is -1.65. The lowest BCUT2D eigenvalue weighted by Crippen LogP contribution is -2.32. The zero-order chi connectivity index (χ0) is 11.5. The van der Waals surface area contributed by atoms with E-state index in [1.807, 2.05) is 5.32 Å². The van der Waals surface area contributed by atoms with Gasteiger partial charge in [-0.25, -0.2) is 4.79 Å². The molecule has 1 N–H and O–H groups in total. The zero-order valence-corrected chi connectivity index (χ0v) is 8.34. The minimum atomic E-state index is -0.861. The zero-order valence-electron chi connectivity index (χ0n) is 8.34. The van der Waals surface area contributed by atoms with Crippen LogP contribution in [0.15, 0.2) is 24.5 Å². The van der Waals surface area contributed by atoms with Crippen molar-refractivity contribution in [2.75, 3.05) is 6.54 Å². The number of pyridine rings is 1. The van der Waals surface area contributed by atoms with Crippen LogP contribution in [0.2, 0.25) is 0 Å². The molecule has 0 unspecified atom stereocenters. The molecule has 1 aromatic heterocycles. The Hall–Kier alpha value is -2.24. The van der Waals surface area contributed by atoms with Crippen LogP contribution < -0.4 is 5.32 Å². The molecule has 6 heteroatoms. The summed E-state index contributed by atoms with van der Waals surface area (Å²) in [5.41, 5.74) is 0.954. The molecule has 1 fully saturated rings. The second-order valence-corrected chi connectivity index (χ2v) is 3.32. The largest absolute Gasteiger partial charge is 0.331 e. The van der Waals surface area contributed by atoms with Crippen LogP contribution in [-0.2, 0) is 16.0 Å². The highest BCUT2D eigenvalue weighted by Gasteiger charge is 2.36. The molecule has 0 aliphatic carbocycles. The highest BCUT2D eigenvalue weighted by Crippen LogP contribution is 2.04. The van der Waals surface area contributed by atoms with E-state index in [1.165, 1.54) is 0 Å². The van der Waals surface area contributed by atoms with Gasteiger partial charge in [-0.3, -0.25) is 24.8 Å². The average Bonchev–Trinajstić information content (AvgIpc) is 2.53. The van der Waals surface area contributed by atoms with Gasteiger partial charge in [0.05, 0.1) is 0 Å². The summed E-state index contributed by atoms with van der Waals surface area (Å²) >= 11 is 0. The van der Waals surface area contributed by atoms with E-state index in [4.69, 9.17) is 0 Å². The first-order valence-electron chi connectivity index (χ1n) is 4.74. The Morgan fingerprint density at radius 3 is 2.44 bits per heavy atom. The molecule has 4 amide bonds. The monoisotopic (exact) mass is 219 g/mol. The maximum absolute atomic E-state index is 11.2. The van der Waals surface area contributed by atoms with Crippen LogP contribution >= 0.6 is 0 Å². The van der Waals surface area contributed by atoms with Gasteiger partial charge in [0, 0.05) is 18.9 Å². The standard InChI is InChI=1S/C10H9N3O3/c14-8-9(15)13(10(16)12-8)6-3-7-1-4-11-5-2-7/h1-2,4-5H,3,6H2,(H,12,14,16). The highest BCUT2D eigenvalue weighted by atomic mass is 16.2. The number of imide groups is 2. The Bertz CT molecular complexity index is 444. The number of hydrogen-bond donors (Lipinski definition) is 1. The molecule has 1 saturated heterocycles. The van der Waals surface area contributed by atoms with Gasteiger partial charge in [0.15, 0.2) is 0 Å². The summed E-state index contributed by atoms with van der Waals surface area (Å²) in [4.78, 5) is 38.0. The third kappa shape index (κ3) is 1.90. The molecule has 16 heavy (non-hydrogen) atoms. The predicted molar refractivity (Wildman–Crippen MR) is 53.2 cm³/mol. The van der Waals surface area contributed by atoms with Gasteiger partial charge in [0.1, 0.15) is 0 Å². The average molecular weight is 219 g/mol. The molecule has 0 spiro atoms. The normalized spacial score (nSPS) is 15.5. The Kier molecular flexibility index (Phi) is 2.63. The minimum absolute atomic E-state index is 0.195. The van der Waals surface area contributed by atoms with Crippen molar-refractivity contribution in [2.45, 2.75) is 6.42 Å². The van der Waals surface area contributed by atoms with E-state index < -0.39 is 17.8 Å². The second kappa shape index (κ2) is 4.09. The first kappa shape index (κ1) is 10.3. The molecule has 6 nitrogen and oxygen atoms in total. The van der Waals surface area contributed by atoms with Gasteiger partial charge in [-0.15, -0.1) is 0 Å². The molecular formula is C10H9N3O3. The number of hydrogen-bond acceptors (Lipinski definition) is 4. The Morgan fingerprint density at radius 2 is 1.88 bits per heavy atom. The van der Waals surface area contributed by atoms with Gasteiger partial charge in [-0.2, -0.15) is 0 Å². The fourth-order valence-corrected chi connectivity index (χ4v) is 1.43. The van der Waals surface area contributed by atoms with E-state index >= 15 is 0 Å². The number of amides is 4. The lowest BCUT2D eigenvalue weighted by Gasteiger charge is -2.10. The van der Waals surface area contributed by atoms with Gasteiger partial charge >= 0.3 is 17.8 Å². The van der Waals surface area contributed by atoms with Gasteiger partial charge in [-0.1, -0.05) is 0 Å². The van der Waals surface area contributed by atoms with Gasteiger partial charge < -0.3 is 0 Å². The Balaban J connectivity index is 1.99. The minimum Gasteiger partial charge on any atom is -0.269 e. The van der Waals surface area contributed by atoms with Gasteiger partial charge in [0.25, 0.3) is 0 Å². The molecule has 82 valence electrons. The summed E-state index contributed by atoms with van der Waals surface area (Å²) in [6, 6.07) is 2.93. The Morgan fingerprint density at radius 1 is 1.19 bits per heavy atom. The van der Waals surface area contributed by atoms with E-state index in [1.54, 1.807) is 24.5 Å². The predicted octanol–water partition coefficient (Wildman–Crippen LogP) is -0.298. The van der Waals surface area contributed by atoms with Gasteiger partial charge in [0.2, 0.25) is 0 Å². The number of rotatable bonds is 3. The number of aromatic nitrogens is 1. The Labute approximate surface area is 91.3 Å². The van der Waals surface area contributed by atoms with Crippen molar-refractivity contribution >= 4 is 17.8 Å². The molecule has 0 bridgehead atoms. The van der Waals surface area contributed by atoms with E-state index in [2.05, 4.69) is 4.98 Å². The molecule has 2 heterocycles. The molecular weight excluding hydrogens is 210 g/mol. The van der Waals surface area contributed by atoms with Gasteiger partial charge in [-0.05, 0) is 24.1 Å². The van der Waals surface area contributed by atoms with Crippen LogP contribution in [0.3, 0.4) is 0 Å². The number of carbonyl (C=O) groups excluding carboxylic acids is 3. The topological polar surface area (TPSA) is 79.4 Å². The number of urea groups is 1. The summed E-state index contributed by atoms with van der Waals surface area (Å²) in [6.07, 6.45) is 3.77. The van der Waals surface area contributed by atoms with Crippen molar-refractivity contribution in [3.8, 4) is 0 Å². The van der Waals surface area contributed by atoms with E-state index in [9.17, 15) is 14.4 Å². The maximum Gasteiger partial charge on any atom is 0.331 e. The summed E-state index contributed by atoms with van der Waals surface area (Å²) < 4.78 is 0. The number of nitrogens with one attached hydrogen (secondary N) is 1. The van der Waals surface area contributed by atoms with Crippen LogP contribution in [0.1, 0.15) is 5.56 Å². The number of carbonyl (C=O) groups is 3. The van der Waals surface area contributed by atoms with E-state index in [-0.39, 0.29) is 6.54 Å². The summed E-state index contributed by atoms with van der Waals surface area (Å²) in [7, 11) is 0. The summed E-state index contributed by atoms with van der Waals surface area (Å²) in [5, 5.41) is 1.94. The lowest BCUT2D eigenvalue weighted by molar-refractivity contribution is -0.140. The van der Waals surface area contributed by atoms with Crippen molar-refractivity contribution in [1.82, 2.24) is 15.2 Å². The van der Waals surface area contributed by atoms with Crippen molar-refractivity contribution in [2.24, 2.45) is 0 Å². The molecule has 2 rings (SSSR count). The quantitative estimate of drug-likeness (QED) is 0.559. The van der Waals surface area contributed by atoms with Crippen molar-refractivity contribution in [1.29, 1.82) is 0 Å². The van der Waals surface area contributed by atoms with E-state index in [0.29, 0.717) is 6.42 Å². The second-order valence-electron chi connectivity index (χ2n) is 3.32. The number of nitrogens with zero attached hydrogens (tertiary/aromatic N) is 2. The lowest BCUT2D eigenvalue weighted by atomic mass is 10.2.